The number of rotatable bonds is 7. The number of aromatic hydroxyl groups is 1. The van der Waals surface area contributed by atoms with E-state index in [1.807, 2.05) is 25.2 Å². The first-order valence-electron chi connectivity index (χ1n) is 9.83. The zero-order valence-corrected chi connectivity index (χ0v) is 17.6. The van der Waals surface area contributed by atoms with E-state index in [0.29, 0.717) is 16.9 Å². The van der Waals surface area contributed by atoms with Crippen molar-refractivity contribution in [2.24, 2.45) is 0 Å². The fourth-order valence-corrected chi connectivity index (χ4v) is 3.50. The van der Waals surface area contributed by atoms with E-state index in [4.69, 9.17) is 23.7 Å². The SMILES string of the molecule is C/C=C/C=C\C1=Cc2cc(OC)c(O[C@@H]3O[C@H](CO)[C@@H](OC)[C@H](O)[C@H]3O)c(O)c2CO1. The van der Waals surface area contributed by atoms with E-state index in [1.54, 1.807) is 18.2 Å². The Morgan fingerprint density at radius 3 is 2.61 bits per heavy atom. The van der Waals surface area contributed by atoms with Gasteiger partial charge in [-0.15, -0.1) is 0 Å². The molecule has 0 spiro atoms. The lowest BCUT2D eigenvalue weighted by molar-refractivity contribution is -0.282. The molecule has 170 valence electrons. The summed E-state index contributed by atoms with van der Waals surface area (Å²) in [5.74, 6) is 0.508. The van der Waals surface area contributed by atoms with Crippen LogP contribution < -0.4 is 9.47 Å². The highest BCUT2D eigenvalue weighted by Crippen LogP contribution is 2.45. The maximum atomic E-state index is 10.8. The van der Waals surface area contributed by atoms with E-state index in [9.17, 15) is 20.4 Å². The average molecular weight is 436 g/mol. The van der Waals surface area contributed by atoms with E-state index in [2.05, 4.69) is 0 Å². The van der Waals surface area contributed by atoms with E-state index in [1.165, 1.54) is 14.2 Å². The number of hydrogen-bond donors (Lipinski definition) is 4. The first-order valence-corrected chi connectivity index (χ1v) is 9.83. The molecule has 3 rings (SSSR count). The molecular weight excluding hydrogens is 408 g/mol. The van der Waals surface area contributed by atoms with Crippen molar-refractivity contribution in [3.8, 4) is 17.2 Å². The van der Waals surface area contributed by atoms with Gasteiger partial charge in [0.2, 0.25) is 12.0 Å². The summed E-state index contributed by atoms with van der Waals surface area (Å²) in [6, 6.07) is 1.67. The molecule has 2 aliphatic heterocycles. The zero-order chi connectivity index (χ0) is 22.5. The molecule has 4 N–H and O–H groups in total. The van der Waals surface area contributed by atoms with Crippen LogP contribution in [-0.4, -0.2) is 72.0 Å². The van der Waals surface area contributed by atoms with Crippen LogP contribution >= 0.6 is 0 Å². The van der Waals surface area contributed by atoms with Gasteiger partial charge >= 0.3 is 0 Å². The van der Waals surface area contributed by atoms with Crippen molar-refractivity contribution in [3.63, 3.8) is 0 Å². The Kier molecular flexibility index (Phi) is 7.58. The van der Waals surface area contributed by atoms with Gasteiger partial charge in [-0.05, 0) is 30.7 Å². The van der Waals surface area contributed by atoms with Crippen LogP contribution in [0.25, 0.3) is 6.08 Å². The molecule has 0 saturated carbocycles. The summed E-state index contributed by atoms with van der Waals surface area (Å²) < 4.78 is 27.4. The lowest BCUT2D eigenvalue weighted by Crippen LogP contribution is -2.60. The Morgan fingerprint density at radius 1 is 1.19 bits per heavy atom. The second-order valence-corrected chi connectivity index (χ2v) is 7.07. The summed E-state index contributed by atoms with van der Waals surface area (Å²) in [5.41, 5.74) is 1.16. The highest BCUT2D eigenvalue weighted by Gasteiger charge is 2.46. The van der Waals surface area contributed by atoms with Gasteiger partial charge < -0.3 is 44.1 Å². The number of ether oxygens (including phenoxy) is 5. The molecule has 0 aromatic heterocycles. The third-order valence-corrected chi connectivity index (χ3v) is 5.15. The largest absolute Gasteiger partial charge is 0.504 e. The van der Waals surface area contributed by atoms with Crippen LogP contribution in [0.1, 0.15) is 18.1 Å². The molecule has 1 aromatic carbocycles. The molecule has 0 radical (unpaired) electrons. The fraction of sp³-hybridized carbons (Fsp3) is 0.455. The molecule has 0 aliphatic carbocycles. The lowest BCUT2D eigenvalue weighted by Gasteiger charge is -2.41. The maximum Gasteiger partial charge on any atom is 0.229 e. The highest BCUT2D eigenvalue weighted by molar-refractivity contribution is 5.69. The van der Waals surface area contributed by atoms with Gasteiger partial charge in [-0.25, -0.2) is 0 Å². The van der Waals surface area contributed by atoms with Crippen molar-refractivity contribution >= 4 is 6.08 Å². The van der Waals surface area contributed by atoms with Crippen LogP contribution in [0.5, 0.6) is 17.2 Å². The van der Waals surface area contributed by atoms with Crippen LogP contribution in [0.3, 0.4) is 0 Å². The molecule has 0 bridgehead atoms. The molecule has 31 heavy (non-hydrogen) atoms. The van der Waals surface area contributed by atoms with E-state index < -0.39 is 37.3 Å². The molecule has 1 aromatic rings. The first kappa shape index (κ1) is 23.1. The molecule has 1 saturated heterocycles. The van der Waals surface area contributed by atoms with Gasteiger partial charge in [0.1, 0.15) is 36.8 Å². The number of aliphatic hydroxyl groups excluding tert-OH is 3. The number of benzene rings is 1. The van der Waals surface area contributed by atoms with Crippen molar-refractivity contribution in [3.05, 3.63) is 47.3 Å². The van der Waals surface area contributed by atoms with Crippen LogP contribution in [0.4, 0.5) is 0 Å². The minimum absolute atomic E-state index is 0.0741. The number of aliphatic hydroxyl groups is 3. The zero-order valence-electron chi connectivity index (χ0n) is 17.6. The van der Waals surface area contributed by atoms with Gasteiger partial charge in [0.15, 0.2) is 11.5 Å². The smallest absolute Gasteiger partial charge is 0.229 e. The third-order valence-electron chi connectivity index (χ3n) is 5.15. The third kappa shape index (κ3) is 4.70. The summed E-state index contributed by atoms with van der Waals surface area (Å²) in [4.78, 5) is 0. The minimum Gasteiger partial charge on any atom is -0.504 e. The van der Waals surface area contributed by atoms with Crippen molar-refractivity contribution < 1.29 is 44.1 Å². The van der Waals surface area contributed by atoms with Gasteiger partial charge in [-0.1, -0.05) is 18.2 Å². The van der Waals surface area contributed by atoms with Crippen molar-refractivity contribution in [1.29, 1.82) is 0 Å². The van der Waals surface area contributed by atoms with Gasteiger partial charge in [-0.2, -0.15) is 0 Å². The summed E-state index contributed by atoms with van der Waals surface area (Å²) in [6.07, 6.45) is 3.03. The molecule has 9 heteroatoms. The van der Waals surface area contributed by atoms with Crippen LogP contribution in [-0.2, 0) is 20.8 Å². The number of methoxy groups -OCH3 is 2. The minimum atomic E-state index is -1.49. The van der Waals surface area contributed by atoms with E-state index in [-0.39, 0.29) is 23.9 Å². The van der Waals surface area contributed by atoms with Crippen molar-refractivity contribution in [2.45, 2.75) is 44.2 Å². The number of fused-ring (bicyclic) bond motifs is 1. The monoisotopic (exact) mass is 436 g/mol. The van der Waals surface area contributed by atoms with Crippen molar-refractivity contribution in [1.82, 2.24) is 0 Å². The number of phenolic OH excluding ortho intramolecular Hbond substituents is 1. The molecule has 2 aliphatic rings. The molecule has 0 unspecified atom stereocenters. The molecule has 0 amide bonds. The van der Waals surface area contributed by atoms with Crippen LogP contribution in [0.15, 0.2) is 36.1 Å². The van der Waals surface area contributed by atoms with E-state index in [0.717, 1.165) is 0 Å². The van der Waals surface area contributed by atoms with Gasteiger partial charge in [0.05, 0.1) is 13.7 Å². The fourth-order valence-electron chi connectivity index (χ4n) is 3.50. The second-order valence-electron chi connectivity index (χ2n) is 7.07. The van der Waals surface area contributed by atoms with Crippen molar-refractivity contribution in [2.75, 3.05) is 20.8 Å². The Labute approximate surface area is 180 Å². The second kappa shape index (κ2) is 10.2. The predicted octanol–water partition coefficient (Wildman–Crippen LogP) is 1.24. The average Bonchev–Trinajstić information content (AvgIpc) is 2.78. The number of hydrogen-bond acceptors (Lipinski definition) is 9. The highest BCUT2D eigenvalue weighted by atomic mass is 16.7. The van der Waals surface area contributed by atoms with Crippen LogP contribution in [0.2, 0.25) is 0 Å². The standard InChI is InChI=1S/C22H28O9/c1-4-5-6-7-13-8-12-9-15(27-2)21(17(24)14(12)11-29-13)31-22-19(26)18(25)20(28-3)16(10-23)30-22/h4-9,16,18-20,22-26H,10-11H2,1-3H3/b5-4+,7-6-/t16-,18-,19-,20-,22+/m1/s1. The quantitative estimate of drug-likeness (QED) is 0.467. The van der Waals surface area contributed by atoms with Crippen LogP contribution in [0, 0.1) is 0 Å². The Bertz CT molecular complexity index is 859. The van der Waals surface area contributed by atoms with Gasteiger partial charge in [-0.3, -0.25) is 0 Å². The Hall–Kier alpha value is -2.56. The number of allylic oxidation sites excluding steroid dienone is 4. The maximum absolute atomic E-state index is 10.8. The molecular formula is C22H28O9. The first-order chi connectivity index (χ1) is 14.9. The van der Waals surface area contributed by atoms with Gasteiger partial charge in [0.25, 0.3) is 0 Å². The molecule has 2 heterocycles. The molecule has 5 atom stereocenters. The Morgan fingerprint density at radius 2 is 1.97 bits per heavy atom. The summed E-state index contributed by atoms with van der Waals surface area (Å²) in [6.45, 7) is 1.54. The lowest BCUT2D eigenvalue weighted by atomic mass is 9.99. The topological polar surface area (TPSA) is 127 Å². The van der Waals surface area contributed by atoms with E-state index >= 15 is 0 Å². The summed E-state index contributed by atoms with van der Waals surface area (Å²) >= 11 is 0. The molecule has 1 fully saturated rings. The summed E-state index contributed by atoms with van der Waals surface area (Å²) in [5, 5.41) is 41.1. The Balaban J connectivity index is 1.91. The predicted molar refractivity (Wildman–Crippen MR) is 111 cm³/mol. The molecule has 9 nitrogen and oxygen atoms in total. The van der Waals surface area contributed by atoms with Gasteiger partial charge in [0, 0.05) is 12.7 Å². The summed E-state index contributed by atoms with van der Waals surface area (Å²) in [7, 11) is 2.75. The number of phenols is 1. The normalized spacial score (nSPS) is 28.3.